The van der Waals surface area contributed by atoms with Gasteiger partial charge in [0.2, 0.25) is 0 Å². The van der Waals surface area contributed by atoms with Gasteiger partial charge in [0.05, 0.1) is 42.6 Å². The van der Waals surface area contributed by atoms with Crippen LogP contribution in [-0.4, -0.2) is 47.2 Å². The molecule has 3 heterocycles. The van der Waals surface area contributed by atoms with Crippen LogP contribution in [0.15, 0.2) is 31.0 Å². The number of H-pyrrole nitrogens is 1. The van der Waals surface area contributed by atoms with Crippen molar-refractivity contribution in [2.45, 2.75) is 37.5 Å². The molecular weight excluding hydrogens is 320 g/mol. The van der Waals surface area contributed by atoms with E-state index in [4.69, 9.17) is 0 Å². The molecule has 0 amide bonds. The number of nitrogens with one attached hydrogen (secondary N) is 1. The van der Waals surface area contributed by atoms with E-state index in [-0.39, 0.29) is 18.4 Å². The first-order valence-corrected chi connectivity index (χ1v) is 8.23. The van der Waals surface area contributed by atoms with Gasteiger partial charge < -0.3 is 15.2 Å². The lowest BCUT2D eigenvalue weighted by atomic mass is 9.95. The minimum Gasteiger partial charge on any atom is -0.390 e. The second-order valence-electron chi connectivity index (χ2n) is 6.47. The van der Waals surface area contributed by atoms with Crippen molar-refractivity contribution in [1.29, 1.82) is 5.26 Å². The highest BCUT2D eigenvalue weighted by atomic mass is 16.3. The summed E-state index contributed by atoms with van der Waals surface area (Å²) >= 11 is 0. The smallest absolute Gasteiger partial charge is 0.141 e. The number of aliphatic hydroxyl groups excluding tert-OH is 2. The molecule has 4 rings (SSSR count). The summed E-state index contributed by atoms with van der Waals surface area (Å²) in [6.07, 6.45) is 6.65. The molecule has 8 heteroatoms. The minimum absolute atomic E-state index is 0.00933. The molecule has 3 N–H and O–H groups in total. The number of aromatic nitrogens is 5. The van der Waals surface area contributed by atoms with Gasteiger partial charge in [-0.15, -0.1) is 0 Å². The zero-order valence-corrected chi connectivity index (χ0v) is 13.4. The second-order valence-corrected chi connectivity index (χ2v) is 6.47. The summed E-state index contributed by atoms with van der Waals surface area (Å²) < 4.78 is 1.76. The summed E-state index contributed by atoms with van der Waals surface area (Å²) in [7, 11) is 0. The van der Waals surface area contributed by atoms with Gasteiger partial charge in [-0.1, -0.05) is 0 Å². The summed E-state index contributed by atoms with van der Waals surface area (Å²) in [6, 6.07) is 3.92. The number of hydrogen-bond acceptors (Lipinski definition) is 6. The maximum atomic E-state index is 9.83. The number of aliphatic hydroxyl groups is 2. The number of nitriles is 1. The fourth-order valence-corrected chi connectivity index (χ4v) is 3.66. The average molecular weight is 338 g/mol. The maximum Gasteiger partial charge on any atom is 0.141 e. The van der Waals surface area contributed by atoms with E-state index in [0.29, 0.717) is 12.8 Å². The maximum absolute atomic E-state index is 9.83. The van der Waals surface area contributed by atoms with Gasteiger partial charge in [0, 0.05) is 23.3 Å². The minimum atomic E-state index is -0.734. The fourth-order valence-electron chi connectivity index (χ4n) is 3.66. The summed E-state index contributed by atoms with van der Waals surface area (Å²) in [5.74, 6) is 0.00933. The van der Waals surface area contributed by atoms with Gasteiger partial charge in [0.1, 0.15) is 12.0 Å². The van der Waals surface area contributed by atoms with Crippen molar-refractivity contribution in [1.82, 2.24) is 24.7 Å². The summed E-state index contributed by atoms with van der Waals surface area (Å²) in [5, 5.41) is 34.2. The molecule has 2 unspecified atom stereocenters. The average Bonchev–Trinajstić information content (AvgIpc) is 3.33. The van der Waals surface area contributed by atoms with Gasteiger partial charge in [0.15, 0.2) is 0 Å². The molecule has 4 atom stereocenters. The largest absolute Gasteiger partial charge is 0.390 e. The van der Waals surface area contributed by atoms with E-state index in [9.17, 15) is 15.5 Å². The summed E-state index contributed by atoms with van der Waals surface area (Å²) in [6.45, 7) is 0. The van der Waals surface area contributed by atoms with Crippen LogP contribution in [0, 0.1) is 17.2 Å². The van der Waals surface area contributed by atoms with E-state index in [2.05, 4.69) is 26.1 Å². The molecule has 25 heavy (non-hydrogen) atoms. The van der Waals surface area contributed by atoms with Crippen LogP contribution in [0.1, 0.15) is 25.3 Å². The van der Waals surface area contributed by atoms with E-state index in [0.717, 1.165) is 22.3 Å². The Kier molecular flexibility index (Phi) is 3.95. The highest BCUT2D eigenvalue weighted by molar-refractivity contribution is 5.89. The molecule has 0 bridgehead atoms. The number of rotatable bonds is 4. The van der Waals surface area contributed by atoms with Crippen molar-refractivity contribution in [3.63, 3.8) is 0 Å². The molecule has 1 aliphatic rings. The lowest BCUT2D eigenvalue weighted by Gasteiger charge is -2.21. The Morgan fingerprint density at radius 1 is 1.32 bits per heavy atom. The van der Waals surface area contributed by atoms with Crippen molar-refractivity contribution in [3.05, 3.63) is 31.0 Å². The molecule has 0 radical (unpaired) electrons. The third-order valence-electron chi connectivity index (χ3n) is 4.95. The van der Waals surface area contributed by atoms with Gasteiger partial charge in [0.25, 0.3) is 0 Å². The van der Waals surface area contributed by atoms with Crippen LogP contribution in [0.5, 0.6) is 0 Å². The Hall–Kier alpha value is -2.76. The molecule has 0 spiro atoms. The Morgan fingerprint density at radius 3 is 2.88 bits per heavy atom. The first-order valence-electron chi connectivity index (χ1n) is 8.23. The van der Waals surface area contributed by atoms with E-state index in [1.807, 2.05) is 18.5 Å². The van der Waals surface area contributed by atoms with E-state index < -0.39 is 12.2 Å². The van der Waals surface area contributed by atoms with Gasteiger partial charge in [-0.3, -0.25) is 4.68 Å². The Bertz CT molecular complexity index is 917. The van der Waals surface area contributed by atoms with Crippen LogP contribution in [0.25, 0.3) is 22.3 Å². The van der Waals surface area contributed by atoms with E-state index >= 15 is 0 Å². The van der Waals surface area contributed by atoms with Gasteiger partial charge in [-0.25, -0.2) is 9.97 Å². The number of hydrogen-bond donors (Lipinski definition) is 3. The van der Waals surface area contributed by atoms with Crippen LogP contribution in [0.4, 0.5) is 0 Å². The van der Waals surface area contributed by atoms with Crippen LogP contribution in [-0.2, 0) is 0 Å². The first-order chi connectivity index (χ1) is 12.2. The number of fused-ring (bicyclic) bond motifs is 1. The van der Waals surface area contributed by atoms with Gasteiger partial charge in [-0.2, -0.15) is 10.4 Å². The van der Waals surface area contributed by atoms with Crippen molar-refractivity contribution in [2.75, 3.05) is 0 Å². The Labute approximate surface area is 143 Å². The van der Waals surface area contributed by atoms with E-state index in [1.54, 1.807) is 10.9 Å². The molecule has 128 valence electrons. The molecule has 8 nitrogen and oxygen atoms in total. The monoisotopic (exact) mass is 338 g/mol. The molecule has 1 fully saturated rings. The van der Waals surface area contributed by atoms with E-state index in [1.165, 1.54) is 6.33 Å². The predicted molar refractivity (Wildman–Crippen MR) is 89.1 cm³/mol. The molecule has 1 saturated carbocycles. The molecule has 3 aromatic heterocycles. The number of aromatic amines is 1. The molecule has 1 aliphatic carbocycles. The molecule has 3 aromatic rings. The standard InChI is InChI=1S/C17H18N6O2/c18-3-1-13(10-5-14(24)15(25)6-10)23-8-11(7-22-23)16-12-2-4-19-17(12)21-9-20-16/h2,4,7-10,13-15,24-25H,1,5-6H2,(H,19,20,21)/t10?,13?,14-,15+. The predicted octanol–water partition coefficient (Wildman–Crippen LogP) is 1.41. The topological polar surface area (TPSA) is 124 Å². The quantitative estimate of drug-likeness (QED) is 0.661. The molecule has 0 aliphatic heterocycles. The van der Waals surface area contributed by atoms with Crippen molar-refractivity contribution in [2.24, 2.45) is 5.92 Å². The zero-order chi connectivity index (χ0) is 17.4. The highest BCUT2D eigenvalue weighted by Crippen LogP contribution is 2.37. The van der Waals surface area contributed by atoms with Crippen molar-refractivity contribution >= 4 is 11.0 Å². The summed E-state index contributed by atoms with van der Waals surface area (Å²) in [5.41, 5.74) is 2.38. The lowest BCUT2D eigenvalue weighted by Crippen LogP contribution is -2.18. The van der Waals surface area contributed by atoms with Crippen LogP contribution in [0.3, 0.4) is 0 Å². The van der Waals surface area contributed by atoms with Crippen LogP contribution in [0.2, 0.25) is 0 Å². The molecule has 0 saturated heterocycles. The van der Waals surface area contributed by atoms with Crippen LogP contribution >= 0.6 is 0 Å². The number of nitrogens with zero attached hydrogens (tertiary/aromatic N) is 5. The SMILES string of the molecule is N#CCC(C1C[C@@H](O)[C@@H](O)C1)n1cc(-c2ncnc3[nH]ccc23)cn1. The normalized spacial score (nSPS) is 24.4. The Balaban J connectivity index is 1.67. The van der Waals surface area contributed by atoms with Gasteiger partial charge >= 0.3 is 0 Å². The summed E-state index contributed by atoms with van der Waals surface area (Å²) in [4.78, 5) is 11.6. The van der Waals surface area contributed by atoms with Crippen molar-refractivity contribution < 1.29 is 10.2 Å². The second kappa shape index (κ2) is 6.27. The molecule has 0 aromatic carbocycles. The highest BCUT2D eigenvalue weighted by Gasteiger charge is 2.37. The Morgan fingerprint density at radius 2 is 2.12 bits per heavy atom. The van der Waals surface area contributed by atoms with Crippen molar-refractivity contribution in [3.8, 4) is 17.3 Å². The fraction of sp³-hybridized carbons (Fsp3) is 0.412. The first kappa shape index (κ1) is 15.7. The van der Waals surface area contributed by atoms with Gasteiger partial charge in [-0.05, 0) is 24.8 Å². The zero-order valence-electron chi connectivity index (χ0n) is 13.4. The third-order valence-corrected chi connectivity index (χ3v) is 4.95. The third kappa shape index (κ3) is 2.77. The van der Waals surface area contributed by atoms with Crippen LogP contribution < -0.4 is 0 Å². The lowest BCUT2D eigenvalue weighted by molar-refractivity contribution is 0.0438. The molecular formula is C17H18N6O2.